The second-order valence-electron chi connectivity index (χ2n) is 6.62. The van der Waals surface area contributed by atoms with Gasteiger partial charge in [-0.2, -0.15) is 10.5 Å². The Hall–Kier alpha value is -3.85. The number of phenols is 1. The molecule has 26 heavy (non-hydrogen) atoms. The summed E-state index contributed by atoms with van der Waals surface area (Å²) in [6.07, 6.45) is 0. The van der Waals surface area contributed by atoms with Crippen molar-refractivity contribution in [1.29, 1.82) is 10.5 Å². The number of benzene rings is 1. The lowest BCUT2D eigenvalue weighted by Gasteiger charge is -2.21. The lowest BCUT2D eigenvalue weighted by Crippen LogP contribution is -2.17. The Morgan fingerprint density at radius 3 is 2.27 bits per heavy atom. The maximum atomic E-state index is 12.1. The molecule has 0 radical (unpaired) electrons. The van der Waals surface area contributed by atoms with Gasteiger partial charge < -0.3 is 15.8 Å². The lowest BCUT2D eigenvalue weighted by atomic mass is 9.83. The zero-order valence-electron chi connectivity index (χ0n) is 14.2. The van der Waals surface area contributed by atoms with E-state index in [0.717, 1.165) is 0 Å². The van der Waals surface area contributed by atoms with E-state index < -0.39 is 32.9 Å². The van der Waals surface area contributed by atoms with Crippen LogP contribution in [0.3, 0.4) is 0 Å². The van der Waals surface area contributed by atoms with Crippen LogP contribution in [0.5, 0.6) is 5.75 Å². The number of hydrogen-bond acceptors (Lipinski definition) is 7. The van der Waals surface area contributed by atoms with Crippen LogP contribution < -0.4 is 11.3 Å². The largest absolute Gasteiger partial charge is 0.502 e. The van der Waals surface area contributed by atoms with E-state index in [1.54, 1.807) is 32.9 Å². The molecular weight excluding hydrogens is 338 g/mol. The zero-order chi connectivity index (χ0) is 19.8. The van der Waals surface area contributed by atoms with Crippen molar-refractivity contribution in [2.75, 3.05) is 5.73 Å². The van der Waals surface area contributed by atoms with Crippen LogP contribution in [0.25, 0.3) is 11.1 Å². The van der Waals surface area contributed by atoms with Gasteiger partial charge in [-0.25, -0.2) is 0 Å². The van der Waals surface area contributed by atoms with E-state index in [9.17, 15) is 30.5 Å². The van der Waals surface area contributed by atoms with Crippen molar-refractivity contribution in [1.82, 2.24) is 4.98 Å². The fourth-order valence-electron chi connectivity index (χ4n) is 2.49. The number of nitrogens with one attached hydrogen (secondary N) is 1. The Bertz CT molecular complexity index is 1070. The van der Waals surface area contributed by atoms with Gasteiger partial charge in [0.15, 0.2) is 0 Å². The van der Waals surface area contributed by atoms with Gasteiger partial charge in [0, 0.05) is 17.2 Å². The molecule has 2 aromatic rings. The second-order valence-corrected chi connectivity index (χ2v) is 6.62. The monoisotopic (exact) mass is 353 g/mol. The van der Waals surface area contributed by atoms with Crippen molar-refractivity contribution < 1.29 is 10.0 Å². The number of nitrogen functional groups attached to an aromatic ring is 1. The van der Waals surface area contributed by atoms with E-state index >= 15 is 0 Å². The predicted octanol–water partition coefficient (Wildman–Crippen LogP) is 2.28. The van der Waals surface area contributed by atoms with Gasteiger partial charge in [-0.3, -0.25) is 14.9 Å². The number of aromatic hydroxyl groups is 1. The fraction of sp³-hybridized carbons (Fsp3) is 0.235. The Labute approximate surface area is 148 Å². The summed E-state index contributed by atoms with van der Waals surface area (Å²) in [5, 5.41) is 40.5. The number of anilines is 1. The molecule has 0 aliphatic carbocycles. The molecule has 0 saturated heterocycles. The first-order valence-corrected chi connectivity index (χ1v) is 7.41. The van der Waals surface area contributed by atoms with Gasteiger partial charge in [0.2, 0.25) is 5.75 Å². The molecule has 0 atom stereocenters. The maximum Gasteiger partial charge on any atom is 0.311 e. The number of rotatable bonds is 2. The molecule has 9 nitrogen and oxygen atoms in total. The first-order valence-electron chi connectivity index (χ1n) is 7.41. The first kappa shape index (κ1) is 18.5. The Morgan fingerprint density at radius 1 is 1.23 bits per heavy atom. The van der Waals surface area contributed by atoms with E-state index in [1.807, 2.05) is 0 Å². The van der Waals surface area contributed by atoms with Crippen molar-refractivity contribution in [2.45, 2.75) is 26.2 Å². The zero-order valence-corrected chi connectivity index (χ0v) is 14.2. The third-order valence-corrected chi connectivity index (χ3v) is 3.89. The number of H-pyrrole nitrogens is 1. The predicted molar refractivity (Wildman–Crippen MR) is 93.4 cm³/mol. The van der Waals surface area contributed by atoms with Crippen LogP contribution in [-0.2, 0) is 5.41 Å². The molecule has 4 N–H and O–H groups in total. The third-order valence-electron chi connectivity index (χ3n) is 3.89. The molecular formula is C17H15N5O4. The van der Waals surface area contributed by atoms with Gasteiger partial charge >= 0.3 is 5.69 Å². The number of nitrogens with two attached hydrogens (primary N) is 1. The SMILES string of the molecule is CC(C)(C)c1cc(-c2c(C#N)c(N)[nH]c(=O)c2C#N)c(O)c([N+](=O)[O-])c1. The van der Waals surface area contributed by atoms with E-state index in [2.05, 4.69) is 4.98 Å². The van der Waals surface area contributed by atoms with Crippen molar-refractivity contribution in [3.05, 3.63) is 49.3 Å². The van der Waals surface area contributed by atoms with Crippen LogP contribution in [0.4, 0.5) is 11.5 Å². The minimum Gasteiger partial charge on any atom is -0.502 e. The average molecular weight is 353 g/mol. The molecule has 2 rings (SSSR count). The molecule has 132 valence electrons. The summed E-state index contributed by atoms with van der Waals surface area (Å²) >= 11 is 0. The molecule has 9 heteroatoms. The molecule has 0 aliphatic heterocycles. The summed E-state index contributed by atoms with van der Waals surface area (Å²) in [5.41, 5.74) is 3.01. The molecule has 0 fully saturated rings. The number of nitriles is 2. The quantitative estimate of drug-likeness (QED) is 0.549. The molecule has 0 saturated carbocycles. The Kier molecular flexibility index (Phi) is 4.42. The number of nitrogens with zero attached hydrogens (tertiary/aromatic N) is 3. The molecule has 0 bridgehead atoms. The molecule has 0 aliphatic rings. The van der Waals surface area contributed by atoms with Crippen molar-refractivity contribution >= 4 is 11.5 Å². The van der Waals surface area contributed by atoms with Crippen LogP contribution in [0.2, 0.25) is 0 Å². The average Bonchev–Trinajstić information content (AvgIpc) is 2.53. The van der Waals surface area contributed by atoms with E-state index in [4.69, 9.17) is 5.73 Å². The third kappa shape index (κ3) is 2.94. The number of phenolic OH excluding ortho intramolecular Hbond substituents is 1. The molecule has 1 aromatic heterocycles. The second kappa shape index (κ2) is 6.22. The number of nitro groups is 1. The van der Waals surface area contributed by atoms with Gasteiger partial charge in [0.1, 0.15) is 29.1 Å². The van der Waals surface area contributed by atoms with Crippen LogP contribution >= 0.6 is 0 Å². The minimum atomic E-state index is -0.859. The Morgan fingerprint density at radius 2 is 1.81 bits per heavy atom. The molecule has 1 aromatic carbocycles. The van der Waals surface area contributed by atoms with E-state index in [1.165, 1.54) is 12.1 Å². The van der Waals surface area contributed by atoms with Gasteiger partial charge in [0.05, 0.1) is 4.92 Å². The molecule has 0 amide bonds. The number of aromatic nitrogens is 1. The Balaban J connectivity index is 3.10. The van der Waals surface area contributed by atoms with Crippen LogP contribution in [0.1, 0.15) is 37.5 Å². The molecule has 0 unspecified atom stereocenters. The smallest absolute Gasteiger partial charge is 0.311 e. The van der Waals surface area contributed by atoms with Crippen LogP contribution in [-0.4, -0.2) is 15.0 Å². The first-order chi connectivity index (χ1) is 12.0. The number of nitro benzene ring substituents is 1. The minimum absolute atomic E-state index is 0.171. The van der Waals surface area contributed by atoms with Gasteiger partial charge in [-0.15, -0.1) is 0 Å². The highest BCUT2D eigenvalue weighted by atomic mass is 16.6. The van der Waals surface area contributed by atoms with Crippen molar-refractivity contribution in [3.63, 3.8) is 0 Å². The van der Waals surface area contributed by atoms with Gasteiger partial charge in [0.25, 0.3) is 5.56 Å². The number of pyridine rings is 1. The highest BCUT2D eigenvalue weighted by molar-refractivity contribution is 5.86. The van der Waals surface area contributed by atoms with E-state index in [-0.39, 0.29) is 22.5 Å². The summed E-state index contributed by atoms with van der Waals surface area (Å²) in [6, 6.07) is 6.07. The lowest BCUT2D eigenvalue weighted by molar-refractivity contribution is -0.385. The van der Waals surface area contributed by atoms with Crippen LogP contribution in [0.15, 0.2) is 16.9 Å². The maximum absolute atomic E-state index is 12.1. The summed E-state index contributed by atoms with van der Waals surface area (Å²) in [6.45, 7) is 5.40. The summed E-state index contributed by atoms with van der Waals surface area (Å²) in [4.78, 5) is 24.8. The topological polar surface area (TPSA) is 170 Å². The number of hydrogen-bond donors (Lipinski definition) is 3. The summed E-state index contributed by atoms with van der Waals surface area (Å²) < 4.78 is 0. The standard InChI is InChI=1S/C17H15N5O4/c1-17(2,3)8-4-9(14(23)12(5-8)22(25)26)13-10(6-18)15(20)21-16(24)11(13)7-19/h4-5,23H,1-3H3,(H3,20,21,24). The highest BCUT2D eigenvalue weighted by Gasteiger charge is 2.28. The fourth-order valence-corrected chi connectivity index (χ4v) is 2.49. The molecule has 1 heterocycles. The number of aromatic amines is 1. The van der Waals surface area contributed by atoms with Gasteiger partial charge in [-0.05, 0) is 17.0 Å². The van der Waals surface area contributed by atoms with Crippen LogP contribution in [0, 0.1) is 32.8 Å². The summed E-state index contributed by atoms with van der Waals surface area (Å²) in [5.74, 6) is -1.05. The highest BCUT2D eigenvalue weighted by Crippen LogP contribution is 2.43. The normalized spacial score (nSPS) is 10.8. The van der Waals surface area contributed by atoms with Crippen molar-refractivity contribution in [3.8, 4) is 29.0 Å². The van der Waals surface area contributed by atoms with Gasteiger partial charge in [-0.1, -0.05) is 20.8 Å². The van der Waals surface area contributed by atoms with Crippen molar-refractivity contribution in [2.24, 2.45) is 0 Å². The molecule has 0 spiro atoms. The summed E-state index contributed by atoms with van der Waals surface area (Å²) in [7, 11) is 0. The van der Waals surface area contributed by atoms with E-state index in [0.29, 0.717) is 5.56 Å².